The van der Waals surface area contributed by atoms with Gasteiger partial charge in [0.2, 0.25) is 5.91 Å². The number of carbonyl (C=O) groups excluding carboxylic acids is 1. The molecule has 6 heteroatoms. The van der Waals surface area contributed by atoms with Crippen LogP contribution in [0, 0.1) is 12.3 Å². The first-order chi connectivity index (χ1) is 7.36. The lowest BCUT2D eigenvalue weighted by atomic mass is 9.92. The minimum absolute atomic E-state index is 0.176. The molecule has 88 valence electrons. The summed E-state index contributed by atoms with van der Waals surface area (Å²) in [7, 11) is 0. The zero-order chi connectivity index (χ0) is 12.3. The van der Waals surface area contributed by atoms with E-state index in [1.807, 2.05) is 0 Å². The molecule has 16 heavy (non-hydrogen) atoms. The quantitative estimate of drug-likeness (QED) is 0.414. The fourth-order valence-electron chi connectivity index (χ4n) is 1.33. The predicted octanol–water partition coefficient (Wildman–Crippen LogP) is -0.432. The van der Waals surface area contributed by atoms with Crippen LogP contribution in [-0.2, 0) is 11.3 Å². The van der Waals surface area contributed by atoms with Crippen molar-refractivity contribution >= 4 is 5.91 Å². The number of rotatable bonds is 3. The molecule has 0 saturated heterocycles. The smallest absolute Gasteiger partial charge is 0.253 e. The summed E-state index contributed by atoms with van der Waals surface area (Å²) >= 11 is 0. The van der Waals surface area contributed by atoms with E-state index in [0.717, 1.165) is 0 Å². The van der Waals surface area contributed by atoms with Crippen LogP contribution in [0.5, 0.6) is 0 Å². The molecule has 1 aromatic rings. The number of aromatic nitrogens is 2. The van der Waals surface area contributed by atoms with Gasteiger partial charge in [0, 0.05) is 18.3 Å². The molecule has 1 heterocycles. The van der Waals surface area contributed by atoms with Gasteiger partial charge in [-0.15, -0.1) is 0 Å². The highest BCUT2D eigenvalue weighted by molar-refractivity contribution is 5.81. The van der Waals surface area contributed by atoms with E-state index in [0.29, 0.717) is 5.69 Å². The van der Waals surface area contributed by atoms with Gasteiger partial charge in [-0.3, -0.25) is 19.6 Å². The summed E-state index contributed by atoms with van der Waals surface area (Å²) in [4.78, 5) is 27.0. The maximum absolute atomic E-state index is 11.6. The summed E-state index contributed by atoms with van der Waals surface area (Å²) in [6.07, 6.45) is 1.43. The summed E-state index contributed by atoms with van der Waals surface area (Å²) in [5, 5.41) is 0. The summed E-state index contributed by atoms with van der Waals surface area (Å²) in [5.41, 5.74) is 1.81. The molecule has 0 radical (unpaired) electrons. The normalized spacial score (nSPS) is 11.2. The Hall–Kier alpha value is -1.69. The molecule has 0 unspecified atom stereocenters. The van der Waals surface area contributed by atoms with Gasteiger partial charge in [-0.05, 0) is 20.8 Å². The molecule has 3 N–H and O–H groups in total. The number of amides is 1. The van der Waals surface area contributed by atoms with Gasteiger partial charge in [-0.25, -0.2) is 10.8 Å². The highest BCUT2D eigenvalue weighted by atomic mass is 16.2. The van der Waals surface area contributed by atoms with Crippen molar-refractivity contribution in [1.29, 1.82) is 0 Å². The lowest BCUT2D eigenvalue weighted by Gasteiger charge is -2.22. The minimum atomic E-state index is -0.754. The maximum atomic E-state index is 11.6. The number of hydrazine groups is 1. The predicted molar refractivity (Wildman–Crippen MR) is 59.3 cm³/mol. The molecule has 0 aromatic carbocycles. The van der Waals surface area contributed by atoms with E-state index in [9.17, 15) is 9.59 Å². The molecule has 0 aliphatic rings. The molecule has 1 rings (SSSR count). The molecule has 0 bridgehead atoms. The molecule has 0 atom stereocenters. The Labute approximate surface area is 93.5 Å². The molecule has 6 nitrogen and oxygen atoms in total. The van der Waals surface area contributed by atoms with E-state index in [-0.39, 0.29) is 18.0 Å². The number of carbonyl (C=O) groups is 1. The molecule has 0 fully saturated rings. The summed E-state index contributed by atoms with van der Waals surface area (Å²) in [5.74, 6) is 4.75. The van der Waals surface area contributed by atoms with Crippen LogP contribution < -0.4 is 16.8 Å². The number of nitrogens with two attached hydrogens (primary N) is 1. The number of nitrogens with zero attached hydrogens (tertiary/aromatic N) is 2. The van der Waals surface area contributed by atoms with Crippen molar-refractivity contribution in [2.75, 3.05) is 0 Å². The van der Waals surface area contributed by atoms with E-state index < -0.39 is 5.41 Å². The Kier molecular flexibility index (Phi) is 3.44. The van der Waals surface area contributed by atoms with Crippen LogP contribution in [0.15, 0.2) is 17.2 Å². The Balaban J connectivity index is 2.97. The van der Waals surface area contributed by atoms with Crippen molar-refractivity contribution in [1.82, 2.24) is 15.0 Å². The molecule has 1 amide bonds. The van der Waals surface area contributed by atoms with Crippen molar-refractivity contribution in [2.24, 2.45) is 11.3 Å². The van der Waals surface area contributed by atoms with Gasteiger partial charge >= 0.3 is 0 Å². The fraction of sp³-hybridized carbons (Fsp3) is 0.500. The maximum Gasteiger partial charge on any atom is 0.253 e. The number of nitrogens with one attached hydrogen (secondary N) is 1. The van der Waals surface area contributed by atoms with Crippen molar-refractivity contribution in [2.45, 2.75) is 27.3 Å². The molecule has 1 aromatic heterocycles. The Bertz CT molecular complexity index is 450. The van der Waals surface area contributed by atoms with Crippen LogP contribution in [0.2, 0.25) is 0 Å². The highest BCUT2D eigenvalue weighted by Gasteiger charge is 2.27. The average molecular weight is 224 g/mol. The molecule has 0 aliphatic carbocycles. The van der Waals surface area contributed by atoms with Crippen molar-refractivity contribution in [3.8, 4) is 0 Å². The van der Waals surface area contributed by atoms with Crippen molar-refractivity contribution in [3.63, 3.8) is 0 Å². The van der Waals surface area contributed by atoms with E-state index in [4.69, 9.17) is 5.84 Å². The first-order valence-electron chi connectivity index (χ1n) is 4.91. The van der Waals surface area contributed by atoms with Gasteiger partial charge in [-0.2, -0.15) is 0 Å². The lowest BCUT2D eigenvalue weighted by molar-refractivity contribution is -0.130. The zero-order valence-corrected chi connectivity index (χ0v) is 9.65. The van der Waals surface area contributed by atoms with Crippen LogP contribution in [0.4, 0.5) is 0 Å². The second-order valence-corrected chi connectivity index (χ2v) is 4.35. The van der Waals surface area contributed by atoms with Crippen LogP contribution in [0.1, 0.15) is 19.5 Å². The molecular weight excluding hydrogens is 208 g/mol. The molecule has 0 saturated carbocycles. The monoisotopic (exact) mass is 224 g/mol. The first-order valence-corrected chi connectivity index (χ1v) is 4.91. The largest absolute Gasteiger partial charge is 0.298 e. The average Bonchev–Trinajstić information content (AvgIpc) is 2.21. The van der Waals surface area contributed by atoms with Crippen molar-refractivity contribution in [3.05, 3.63) is 28.4 Å². The standard InChI is InChI=1S/C10H16N4O2/c1-7-4-8(15)14(6-12-7)5-10(2,3)9(16)13-11/h4,6H,5,11H2,1-3H3,(H,13,16). The van der Waals surface area contributed by atoms with Crippen LogP contribution in [-0.4, -0.2) is 15.5 Å². The Morgan fingerprint density at radius 1 is 1.62 bits per heavy atom. The number of aryl methyl sites for hydroxylation is 1. The first kappa shape index (κ1) is 12.4. The van der Waals surface area contributed by atoms with Gasteiger partial charge in [0.1, 0.15) is 0 Å². The van der Waals surface area contributed by atoms with Gasteiger partial charge in [0.25, 0.3) is 5.56 Å². The fourth-order valence-corrected chi connectivity index (χ4v) is 1.33. The van der Waals surface area contributed by atoms with Crippen LogP contribution >= 0.6 is 0 Å². The van der Waals surface area contributed by atoms with E-state index in [1.165, 1.54) is 17.0 Å². The van der Waals surface area contributed by atoms with Gasteiger partial charge in [-0.1, -0.05) is 0 Å². The summed E-state index contributed by atoms with van der Waals surface area (Å²) in [6, 6.07) is 1.43. The second-order valence-electron chi connectivity index (χ2n) is 4.35. The van der Waals surface area contributed by atoms with Crippen LogP contribution in [0.25, 0.3) is 0 Å². The SMILES string of the molecule is Cc1cc(=O)n(CC(C)(C)C(=O)NN)cn1. The topological polar surface area (TPSA) is 90.0 Å². The van der Waals surface area contributed by atoms with E-state index in [1.54, 1.807) is 20.8 Å². The van der Waals surface area contributed by atoms with Crippen molar-refractivity contribution < 1.29 is 4.79 Å². The van der Waals surface area contributed by atoms with Gasteiger partial charge in [0.15, 0.2) is 0 Å². The molecule has 0 spiro atoms. The third-order valence-electron chi connectivity index (χ3n) is 2.33. The highest BCUT2D eigenvalue weighted by Crippen LogP contribution is 2.16. The third-order valence-corrected chi connectivity index (χ3v) is 2.33. The van der Waals surface area contributed by atoms with E-state index >= 15 is 0 Å². The zero-order valence-electron chi connectivity index (χ0n) is 9.65. The third kappa shape index (κ3) is 2.66. The molecule has 0 aliphatic heterocycles. The van der Waals surface area contributed by atoms with Gasteiger partial charge in [0.05, 0.1) is 11.7 Å². The van der Waals surface area contributed by atoms with Gasteiger partial charge < -0.3 is 0 Å². The minimum Gasteiger partial charge on any atom is -0.298 e. The second kappa shape index (κ2) is 4.44. The number of hydrogen-bond donors (Lipinski definition) is 2. The van der Waals surface area contributed by atoms with Crippen LogP contribution in [0.3, 0.4) is 0 Å². The lowest BCUT2D eigenvalue weighted by Crippen LogP contribution is -2.44. The summed E-state index contributed by atoms with van der Waals surface area (Å²) in [6.45, 7) is 5.40. The summed E-state index contributed by atoms with van der Waals surface area (Å²) < 4.78 is 1.39. The Morgan fingerprint density at radius 3 is 2.75 bits per heavy atom. The number of hydrogen-bond acceptors (Lipinski definition) is 4. The van der Waals surface area contributed by atoms with E-state index in [2.05, 4.69) is 10.4 Å². The molecular formula is C10H16N4O2. The Morgan fingerprint density at radius 2 is 2.25 bits per heavy atom.